The number of carbonyl (C=O) groups excluding carboxylic acids is 1. The van der Waals surface area contributed by atoms with Gasteiger partial charge in [-0.2, -0.15) is 0 Å². The molecule has 3 rings (SSSR count). The molecule has 1 aromatic rings. The first kappa shape index (κ1) is 15.3. The highest BCUT2D eigenvalue weighted by atomic mass is 32.2. The number of carbonyl (C=O) groups is 1. The van der Waals surface area contributed by atoms with Gasteiger partial charge in [0.15, 0.2) is 9.84 Å². The SMILES string of the molecule is CCCN1C(=O)N(c2cc(C)ccc2C)[C@H]2CS(=O)(=O)C[C@@H]21. The molecule has 6 heteroatoms. The number of sulfone groups is 1. The van der Waals surface area contributed by atoms with Crippen LogP contribution in [0.2, 0.25) is 0 Å². The molecule has 2 amide bonds. The van der Waals surface area contributed by atoms with Crippen LogP contribution in [0.1, 0.15) is 24.5 Å². The average Bonchev–Trinajstić information content (AvgIpc) is 2.86. The quantitative estimate of drug-likeness (QED) is 0.801. The van der Waals surface area contributed by atoms with Crippen molar-refractivity contribution in [3.05, 3.63) is 29.3 Å². The highest BCUT2D eigenvalue weighted by Gasteiger charge is 2.53. The first-order valence-electron chi connectivity index (χ1n) is 7.71. The van der Waals surface area contributed by atoms with Gasteiger partial charge in [0.1, 0.15) is 0 Å². The van der Waals surface area contributed by atoms with Gasteiger partial charge in [0.2, 0.25) is 0 Å². The largest absolute Gasteiger partial charge is 0.325 e. The fourth-order valence-corrected chi connectivity index (χ4v) is 5.49. The van der Waals surface area contributed by atoms with Crippen LogP contribution in [0.3, 0.4) is 0 Å². The fraction of sp³-hybridized carbons (Fsp3) is 0.562. The lowest BCUT2D eigenvalue weighted by Crippen LogP contribution is -2.38. The van der Waals surface area contributed by atoms with Crippen molar-refractivity contribution in [3.8, 4) is 0 Å². The summed E-state index contributed by atoms with van der Waals surface area (Å²) in [4.78, 5) is 16.3. The lowest BCUT2D eigenvalue weighted by molar-refractivity contribution is 0.209. The number of aryl methyl sites for hydroxylation is 2. The topological polar surface area (TPSA) is 57.7 Å². The predicted octanol–water partition coefficient (Wildman–Crippen LogP) is 2.12. The van der Waals surface area contributed by atoms with E-state index in [0.29, 0.717) is 6.54 Å². The Morgan fingerprint density at radius 1 is 1.18 bits per heavy atom. The van der Waals surface area contributed by atoms with E-state index in [-0.39, 0.29) is 29.6 Å². The van der Waals surface area contributed by atoms with Crippen LogP contribution in [0.15, 0.2) is 18.2 Å². The zero-order valence-electron chi connectivity index (χ0n) is 13.2. The molecule has 0 saturated carbocycles. The number of rotatable bonds is 3. The van der Waals surface area contributed by atoms with Crippen molar-refractivity contribution in [1.29, 1.82) is 0 Å². The summed E-state index contributed by atoms with van der Waals surface area (Å²) >= 11 is 0. The summed E-state index contributed by atoms with van der Waals surface area (Å²) in [5.74, 6) is 0.155. The van der Waals surface area contributed by atoms with E-state index >= 15 is 0 Å². The lowest BCUT2D eigenvalue weighted by atomic mass is 10.1. The third-order valence-electron chi connectivity index (χ3n) is 4.57. The molecule has 0 bridgehead atoms. The van der Waals surface area contributed by atoms with Crippen LogP contribution in [0.4, 0.5) is 10.5 Å². The molecule has 0 radical (unpaired) electrons. The molecule has 1 aromatic carbocycles. The van der Waals surface area contributed by atoms with E-state index in [9.17, 15) is 13.2 Å². The Hall–Kier alpha value is -1.56. The lowest BCUT2D eigenvalue weighted by Gasteiger charge is -2.24. The summed E-state index contributed by atoms with van der Waals surface area (Å²) < 4.78 is 24.1. The average molecular weight is 322 g/mol. The van der Waals surface area contributed by atoms with Gasteiger partial charge in [0.25, 0.3) is 0 Å². The molecular weight excluding hydrogens is 300 g/mol. The number of urea groups is 1. The minimum absolute atomic E-state index is 0.0551. The molecule has 120 valence electrons. The Kier molecular flexibility index (Phi) is 3.67. The van der Waals surface area contributed by atoms with Gasteiger partial charge in [-0.15, -0.1) is 0 Å². The Bertz CT molecular complexity index is 714. The molecule has 0 spiro atoms. The number of nitrogens with zero attached hydrogens (tertiary/aromatic N) is 2. The number of hydrogen-bond acceptors (Lipinski definition) is 3. The van der Waals surface area contributed by atoms with Crippen LogP contribution in [-0.2, 0) is 9.84 Å². The maximum absolute atomic E-state index is 12.8. The molecule has 0 aromatic heterocycles. The Morgan fingerprint density at radius 2 is 1.86 bits per heavy atom. The monoisotopic (exact) mass is 322 g/mol. The summed E-state index contributed by atoms with van der Waals surface area (Å²) in [6.07, 6.45) is 0.829. The smallest absolute Gasteiger partial charge is 0.318 e. The van der Waals surface area contributed by atoms with Gasteiger partial charge in [0, 0.05) is 12.2 Å². The van der Waals surface area contributed by atoms with Crippen molar-refractivity contribution < 1.29 is 13.2 Å². The molecule has 2 heterocycles. The Morgan fingerprint density at radius 3 is 2.55 bits per heavy atom. The highest BCUT2D eigenvalue weighted by Crippen LogP contribution is 2.36. The van der Waals surface area contributed by atoms with Gasteiger partial charge in [-0.05, 0) is 37.5 Å². The van der Waals surface area contributed by atoms with E-state index in [1.165, 1.54) is 0 Å². The maximum atomic E-state index is 12.8. The molecular formula is C16H22N2O3S. The number of amides is 2. The van der Waals surface area contributed by atoms with Crippen molar-refractivity contribution in [3.63, 3.8) is 0 Å². The van der Waals surface area contributed by atoms with E-state index in [1.807, 2.05) is 39.0 Å². The molecule has 2 aliphatic heterocycles. The van der Waals surface area contributed by atoms with Crippen LogP contribution in [-0.4, -0.2) is 49.5 Å². The zero-order chi connectivity index (χ0) is 16.1. The standard InChI is InChI=1S/C16H22N2O3S/c1-4-7-17-14-9-22(20,21)10-15(14)18(16(17)19)13-8-11(2)5-6-12(13)3/h5-6,8,14-15H,4,7,9-10H2,1-3H3/t14-,15-/m0/s1. The minimum Gasteiger partial charge on any atom is -0.318 e. The van der Waals surface area contributed by atoms with E-state index in [1.54, 1.807) is 9.80 Å². The van der Waals surface area contributed by atoms with Crippen molar-refractivity contribution in [1.82, 2.24) is 4.90 Å². The number of anilines is 1. The van der Waals surface area contributed by atoms with Crippen LogP contribution < -0.4 is 4.90 Å². The zero-order valence-corrected chi connectivity index (χ0v) is 14.1. The van der Waals surface area contributed by atoms with Crippen LogP contribution in [0, 0.1) is 13.8 Å². The highest BCUT2D eigenvalue weighted by molar-refractivity contribution is 7.91. The first-order chi connectivity index (χ1) is 10.3. The summed E-state index contributed by atoms with van der Waals surface area (Å²) in [5.41, 5.74) is 2.91. The molecule has 0 N–H and O–H groups in total. The van der Waals surface area contributed by atoms with Crippen molar-refractivity contribution in [2.75, 3.05) is 23.0 Å². The fourth-order valence-electron chi connectivity index (χ4n) is 3.54. The number of hydrogen-bond donors (Lipinski definition) is 0. The van der Waals surface area contributed by atoms with Gasteiger partial charge in [0.05, 0.1) is 23.6 Å². The second-order valence-electron chi connectivity index (χ2n) is 6.35. The Labute approximate surface area is 131 Å². The summed E-state index contributed by atoms with van der Waals surface area (Å²) in [6, 6.07) is 5.44. The summed E-state index contributed by atoms with van der Waals surface area (Å²) in [6.45, 7) is 6.56. The molecule has 5 nitrogen and oxygen atoms in total. The van der Waals surface area contributed by atoms with E-state index in [0.717, 1.165) is 23.2 Å². The minimum atomic E-state index is -3.08. The maximum Gasteiger partial charge on any atom is 0.325 e. The summed E-state index contributed by atoms with van der Waals surface area (Å²) in [5, 5.41) is 0. The predicted molar refractivity (Wildman–Crippen MR) is 87.0 cm³/mol. The summed E-state index contributed by atoms with van der Waals surface area (Å²) in [7, 11) is -3.08. The van der Waals surface area contributed by atoms with Gasteiger partial charge < -0.3 is 4.90 Å². The van der Waals surface area contributed by atoms with Crippen LogP contribution >= 0.6 is 0 Å². The molecule has 2 fully saturated rings. The molecule has 2 saturated heterocycles. The van der Waals surface area contributed by atoms with E-state index in [2.05, 4.69) is 0 Å². The molecule has 2 aliphatic rings. The van der Waals surface area contributed by atoms with Crippen molar-refractivity contribution in [2.45, 2.75) is 39.3 Å². The third-order valence-corrected chi connectivity index (χ3v) is 6.26. The van der Waals surface area contributed by atoms with E-state index in [4.69, 9.17) is 0 Å². The Balaban J connectivity index is 2.06. The van der Waals surface area contributed by atoms with Gasteiger partial charge in [-0.1, -0.05) is 19.1 Å². The molecule has 2 atom stereocenters. The molecule has 22 heavy (non-hydrogen) atoms. The van der Waals surface area contributed by atoms with Crippen LogP contribution in [0.25, 0.3) is 0 Å². The van der Waals surface area contributed by atoms with Gasteiger partial charge >= 0.3 is 6.03 Å². The van der Waals surface area contributed by atoms with Crippen LogP contribution in [0.5, 0.6) is 0 Å². The normalized spacial score (nSPS) is 26.6. The first-order valence-corrected chi connectivity index (χ1v) is 9.53. The molecule has 0 aliphatic carbocycles. The molecule has 0 unspecified atom stereocenters. The number of fused-ring (bicyclic) bond motifs is 1. The second kappa shape index (κ2) is 5.26. The van der Waals surface area contributed by atoms with Gasteiger partial charge in [-0.3, -0.25) is 4.90 Å². The third kappa shape index (κ3) is 2.39. The number of benzene rings is 1. The van der Waals surface area contributed by atoms with E-state index < -0.39 is 9.84 Å². The second-order valence-corrected chi connectivity index (χ2v) is 8.50. The van der Waals surface area contributed by atoms with Crippen molar-refractivity contribution in [2.24, 2.45) is 0 Å². The van der Waals surface area contributed by atoms with Gasteiger partial charge in [-0.25, -0.2) is 13.2 Å². The van der Waals surface area contributed by atoms with Crippen molar-refractivity contribution >= 4 is 21.6 Å².